The smallest absolute Gasteiger partial charge is 0.410 e. The van der Waals surface area contributed by atoms with Gasteiger partial charge in [0.1, 0.15) is 5.60 Å². The highest BCUT2D eigenvalue weighted by Gasteiger charge is 2.37. The van der Waals surface area contributed by atoms with Crippen molar-refractivity contribution in [3.63, 3.8) is 0 Å². The Morgan fingerprint density at radius 1 is 1.33 bits per heavy atom. The summed E-state index contributed by atoms with van der Waals surface area (Å²) < 4.78 is 11.9. The number of carbonyl (C=O) groups is 2. The van der Waals surface area contributed by atoms with Gasteiger partial charge in [0, 0.05) is 26.1 Å². The third kappa shape index (κ3) is 4.40. The summed E-state index contributed by atoms with van der Waals surface area (Å²) in [4.78, 5) is 28.9. The fourth-order valence-corrected chi connectivity index (χ4v) is 4.10. The molecule has 0 spiro atoms. The van der Waals surface area contributed by atoms with E-state index >= 15 is 0 Å². The zero-order valence-electron chi connectivity index (χ0n) is 15.4. The zero-order chi connectivity index (χ0) is 19.9. The topological polar surface area (TPSA) is 59.1 Å². The quantitative estimate of drug-likeness (QED) is 0.370. The van der Waals surface area contributed by atoms with Gasteiger partial charge in [-0.05, 0) is 49.4 Å². The second kappa shape index (κ2) is 7.83. The SMILES string of the molecule is CC(C)(C)OC(=O)N1CCN2C(=O)c3cc(Cl)c(I)c(Cl)c3OCC[C@H]2C1. The number of carbonyl (C=O) groups excluding carboxylic acids is 2. The van der Waals surface area contributed by atoms with Crippen LogP contribution in [0.3, 0.4) is 0 Å². The normalized spacial score (nSPS) is 20.2. The highest BCUT2D eigenvalue weighted by atomic mass is 127. The molecule has 2 aliphatic heterocycles. The van der Waals surface area contributed by atoms with Crippen LogP contribution in [0.5, 0.6) is 5.75 Å². The summed E-state index contributed by atoms with van der Waals surface area (Å²) in [7, 11) is 0. The maximum atomic E-state index is 13.1. The van der Waals surface area contributed by atoms with E-state index in [1.807, 2.05) is 43.4 Å². The van der Waals surface area contributed by atoms with Crippen LogP contribution < -0.4 is 4.74 Å². The number of benzene rings is 1. The number of hydrogen-bond acceptors (Lipinski definition) is 4. The van der Waals surface area contributed by atoms with Gasteiger partial charge in [-0.2, -0.15) is 0 Å². The van der Waals surface area contributed by atoms with Gasteiger partial charge in [-0.25, -0.2) is 4.79 Å². The first-order chi connectivity index (χ1) is 12.6. The molecule has 9 heteroatoms. The number of amides is 2. The van der Waals surface area contributed by atoms with Crippen molar-refractivity contribution in [2.24, 2.45) is 0 Å². The zero-order valence-corrected chi connectivity index (χ0v) is 19.0. The minimum atomic E-state index is -0.558. The minimum absolute atomic E-state index is 0.149. The molecule has 2 heterocycles. The van der Waals surface area contributed by atoms with Crippen molar-refractivity contribution in [2.75, 3.05) is 26.2 Å². The predicted octanol–water partition coefficient (Wildman–Crippen LogP) is 4.44. The van der Waals surface area contributed by atoms with E-state index in [-0.39, 0.29) is 18.0 Å². The van der Waals surface area contributed by atoms with E-state index in [0.717, 1.165) is 0 Å². The Morgan fingerprint density at radius 3 is 2.70 bits per heavy atom. The number of hydrogen-bond donors (Lipinski definition) is 0. The van der Waals surface area contributed by atoms with Crippen LogP contribution >= 0.6 is 45.8 Å². The number of piperazine rings is 1. The van der Waals surface area contributed by atoms with E-state index in [0.29, 0.717) is 57.6 Å². The lowest BCUT2D eigenvalue weighted by molar-refractivity contribution is 0.00109. The fraction of sp³-hybridized carbons (Fsp3) is 0.556. The van der Waals surface area contributed by atoms with E-state index in [9.17, 15) is 9.59 Å². The van der Waals surface area contributed by atoms with Crippen LogP contribution in [-0.4, -0.2) is 59.7 Å². The first-order valence-electron chi connectivity index (χ1n) is 8.67. The molecule has 0 radical (unpaired) electrons. The van der Waals surface area contributed by atoms with E-state index < -0.39 is 5.60 Å². The predicted molar refractivity (Wildman–Crippen MR) is 112 cm³/mol. The summed E-state index contributed by atoms with van der Waals surface area (Å²) in [5, 5.41) is 0.776. The standard InChI is InChI=1S/C18H21Cl2IN2O4/c1-18(2,3)27-17(25)22-5-6-23-10(9-22)4-7-26-15-11(16(23)24)8-12(19)14(21)13(15)20/h8,10H,4-7,9H2,1-3H3/t10-/m0/s1. The molecule has 3 rings (SSSR count). The Morgan fingerprint density at radius 2 is 2.04 bits per heavy atom. The second-order valence-corrected chi connectivity index (χ2v) is 9.44. The summed E-state index contributed by atoms with van der Waals surface area (Å²) in [5.41, 5.74) is -0.196. The number of ether oxygens (including phenoxy) is 2. The molecule has 0 bridgehead atoms. The second-order valence-electron chi connectivity index (χ2n) is 7.58. The molecule has 6 nitrogen and oxygen atoms in total. The van der Waals surface area contributed by atoms with Crippen LogP contribution in [0.1, 0.15) is 37.6 Å². The van der Waals surface area contributed by atoms with Gasteiger partial charge in [0.15, 0.2) is 5.75 Å². The van der Waals surface area contributed by atoms with Crippen molar-refractivity contribution in [1.82, 2.24) is 9.80 Å². The van der Waals surface area contributed by atoms with Crippen molar-refractivity contribution in [3.05, 3.63) is 25.2 Å². The molecular formula is C18H21Cl2IN2O4. The molecule has 2 amide bonds. The van der Waals surface area contributed by atoms with Crippen molar-refractivity contribution < 1.29 is 19.1 Å². The van der Waals surface area contributed by atoms with E-state index in [1.165, 1.54) is 0 Å². The van der Waals surface area contributed by atoms with Gasteiger partial charge in [-0.1, -0.05) is 23.2 Å². The van der Waals surface area contributed by atoms with Crippen LogP contribution in [0.2, 0.25) is 10.0 Å². The largest absolute Gasteiger partial charge is 0.491 e. The first-order valence-corrected chi connectivity index (χ1v) is 10.5. The van der Waals surface area contributed by atoms with Gasteiger partial charge < -0.3 is 19.3 Å². The molecule has 148 valence electrons. The number of rotatable bonds is 0. The van der Waals surface area contributed by atoms with Gasteiger partial charge in [-0.15, -0.1) is 0 Å². The Balaban J connectivity index is 1.83. The summed E-state index contributed by atoms with van der Waals surface area (Å²) in [6.07, 6.45) is 0.235. The van der Waals surface area contributed by atoms with Crippen molar-refractivity contribution in [2.45, 2.75) is 38.8 Å². The molecule has 0 N–H and O–H groups in total. The van der Waals surface area contributed by atoms with E-state index in [1.54, 1.807) is 15.9 Å². The Hall–Kier alpha value is -0.930. The van der Waals surface area contributed by atoms with Gasteiger partial charge >= 0.3 is 6.09 Å². The highest BCUT2D eigenvalue weighted by molar-refractivity contribution is 14.1. The lowest BCUT2D eigenvalue weighted by Crippen LogP contribution is -2.58. The molecule has 1 aromatic carbocycles. The van der Waals surface area contributed by atoms with Crippen LogP contribution in [0.15, 0.2) is 6.07 Å². The lowest BCUT2D eigenvalue weighted by atomic mass is 10.0. The molecule has 27 heavy (non-hydrogen) atoms. The molecule has 1 atom stereocenters. The number of fused-ring (bicyclic) bond motifs is 2. The molecule has 1 aromatic rings. The average Bonchev–Trinajstić information content (AvgIpc) is 2.58. The van der Waals surface area contributed by atoms with Crippen LogP contribution in [0, 0.1) is 3.57 Å². The Labute approximate surface area is 182 Å². The Kier molecular flexibility index (Phi) is 6.03. The molecule has 0 unspecified atom stereocenters. The van der Waals surface area contributed by atoms with E-state index in [4.69, 9.17) is 32.7 Å². The maximum Gasteiger partial charge on any atom is 0.410 e. The summed E-state index contributed by atoms with van der Waals surface area (Å²) in [6.45, 7) is 7.13. The summed E-state index contributed by atoms with van der Waals surface area (Å²) >= 11 is 14.6. The third-order valence-corrected chi connectivity index (χ3v) is 6.86. The third-order valence-electron chi connectivity index (χ3n) is 4.44. The van der Waals surface area contributed by atoms with Crippen LogP contribution in [-0.2, 0) is 4.74 Å². The molecule has 0 saturated carbocycles. The molecule has 2 aliphatic rings. The highest BCUT2D eigenvalue weighted by Crippen LogP contribution is 2.39. The van der Waals surface area contributed by atoms with E-state index in [2.05, 4.69) is 0 Å². The lowest BCUT2D eigenvalue weighted by Gasteiger charge is -2.42. The monoisotopic (exact) mass is 526 g/mol. The number of halogens is 3. The van der Waals surface area contributed by atoms with Gasteiger partial charge in [0.05, 0.1) is 31.8 Å². The van der Waals surface area contributed by atoms with Gasteiger partial charge in [0.2, 0.25) is 0 Å². The fourth-order valence-electron chi connectivity index (χ4n) is 3.19. The first kappa shape index (κ1) is 20.8. The van der Waals surface area contributed by atoms with Crippen molar-refractivity contribution >= 4 is 57.8 Å². The molecular weight excluding hydrogens is 506 g/mol. The average molecular weight is 527 g/mol. The minimum Gasteiger partial charge on any atom is -0.491 e. The Bertz CT molecular complexity index is 782. The molecule has 0 aromatic heterocycles. The maximum absolute atomic E-state index is 13.1. The van der Waals surface area contributed by atoms with Crippen LogP contribution in [0.25, 0.3) is 0 Å². The molecule has 1 fully saturated rings. The molecule has 0 aliphatic carbocycles. The van der Waals surface area contributed by atoms with Gasteiger partial charge in [-0.3, -0.25) is 4.79 Å². The summed E-state index contributed by atoms with van der Waals surface area (Å²) in [5.74, 6) is 0.197. The summed E-state index contributed by atoms with van der Waals surface area (Å²) in [6, 6.07) is 1.46. The number of nitrogens with zero attached hydrogens (tertiary/aromatic N) is 2. The van der Waals surface area contributed by atoms with Crippen molar-refractivity contribution in [1.29, 1.82) is 0 Å². The van der Waals surface area contributed by atoms with Gasteiger partial charge in [0.25, 0.3) is 5.91 Å². The van der Waals surface area contributed by atoms with Crippen molar-refractivity contribution in [3.8, 4) is 5.75 Å². The molecule has 1 saturated heterocycles. The van der Waals surface area contributed by atoms with Crippen LogP contribution in [0.4, 0.5) is 4.79 Å².